The van der Waals surface area contributed by atoms with Gasteiger partial charge in [0.15, 0.2) is 6.79 Å². The standard InChI is InChI=1S/C31H31NO3/c1-20-14-26(35-19-33-4)15-21(2)30(20)27-7-5-6-23(22(27)3)18-34-25-8-9-28-24(16-25)17-31(11-12-31)29(28)10-13-32/h5-10,14-16H,11-12,17-19H2,1-4H3/b29-10-. The van der Waals surface area contributed by atoms with Crippen LogP contribution in [0.1, 0.15) is 46.2 Å². The van der Waals surface area contributed by atoms with E-state index in [0.717, 1.165) is 17.9 Å². The molecule has 178 valence electrons. The third kappa shape index (κ3) is 4.33. The topological polar surface area (TPSA) is 51.5 Å². The number of nitrogens with zero attached hydrogens (tertiary/aromatic N) is 1. The number of ether oxygens (including phenoxy) is 3. The van der Waals surface area contributed by atoms with E-state index in [2.05, 4.69) is 69.3 Å². The van der Waals surface area contributed by atoms with Crippen LogP contribution < -0.4 is 9.47 Å². The van der Waals surface area contributed by atoms with Crippen molar-refractivity contribution < 1.29 is 14.2 Å². The van der Waals surface area contributed by atoms with Crippen molar-refractivity contribution in [2.75, 3.05) is 13.9 Å². The van der Waals surface area contributed by atoms with Gasteiger partial charge < -0.3 is 14.2 Å². The number of nitriles is 1. The number of allylic oxidation sites excluding steroid dienone is 2. The van der Waals surface area contributed by atoms with Gasteiger partial charge in [-0.1, -0.05) is 24.3 Å². The lowest BCUT2D eigenvalue weighted by Gasteiger charge is -2.18. The summed E-state index contributed by atoms with van der Waals surface area (Å²) in [6.07, 6.45) is 5.12. The minimum Gasteiger partial charge on any atom is -0.489 e. The summed E-state index contributed by atoms with van der Waals surface area (Å²) in [7, 11) is 1.63. The van der Waals surface area contributed by atoms with Gasteiger partial charge in [0, 0.05) is 18.6 Å². The Morgan fingerprint density at radius 3 is 2.40 bits per heavy atom. The fourth-order valence-electron chi connectivity index (χ4n) is 5.54. The summed E-state index contributed by atoms with van der Waals surface area (Å²) in [6, 6.07) is 19.1. The van der Waals surface area contributed by atoms with Crippen LogP contribution in [0.25, 0.3) is 16.7 Å². The second-order valence-electron chi connectivity index (χ2n) is 9.82. The Morgan fingerprint density at radius 2 is 1.71 bits per heavy atom. The number of rotatable bonds is 7. The van der Waals surface area contributed by atoms with Gasteiger partial charge in [-0.2, -0.15) is 5.26 Å². The maximum atomic E-state index is 9.23. The van der Waals surface area contributed by atoms with E-state index < -0.39 is 0 Å². The van der Waals surface area contributed by atoms with Crippen LogP contribution in [0, 0.1) is 37.5 Å². The molecule has 35 heavy (non-hydrogen) atoms. The molecule has 1 saturated carbocycles. The second kappa shape index (κ2) is 9.24. The molecule has 4 heteroatoms. The van der Waals surface area contributed by atoms with E-state index in [-0.39, 0.29) is 12.2 Å². The molecule has 2 aliphatic rings. The monoisotopic (exact) mass is 465 g/mol. The maximum Gasteiger partial charge on any atom is 0.188 e. The van der Waals surface area contributed by atoms with E-state index in [0.29, 0.717) is 6.61 Å². The van der Waals surface area contributed by atoms with Crippen LogP contribution in [0.5, 0.6) is 11.5 Å². The van der Waals surface area contributed by atoms with Crippen LogP contribution in [0.4, 0.5) is 0 Å². The molecule has 0 bridgehead atoms. The van der Waals surface area contributed by atoms with Gasteiger partial charge in [-0.05, 0) is 114 Å². The highest BCUT2D eigenvalue weighted by Crippen LogP contribution is 2.62. The molecule has 4 nitrogen and oxygen atoms in total. The van der Waals surface area contributed by atoms with Gasteiger partial charge >= 0.3 is 0 Å². The van der Waals surface area contributed by atoms with E-state index in [9.17, 15) is 5.26 Å². The summed E-state index contributed by atoms with van der Waals surface area (Å²) in [5.41, 5.74) is 11.1. The van der Waals surface area contributed by atoms with Gasteiger partial charge in [-0.15, -0.1) is 0 Å². The van der Waals surface area contributed by atoms with Crippen molar-refractivity contribution in [3.8, 4) is 28.7 Å². The zero-order chi connectivity index (χ0) is 24.6. The Morgan fingerprint density at radius 1 is 0.943 bits per heavy atom. The molecule has 0 amide bonds. The first-order valence-corrected chi connectivity index (χ1v) is 12.1. The highest BCUT2D eigenvalue weighted by atomic mass is 16.7. The predicted molar refractivity (Wildman–Crippen MR) is 138 cm³/mol. The molecule has 0 aromatic heterocycles. The minimum atomic E-state index is 0.210. The van der Waals surface area contributed by atoms with E-state index in [1.165, 1.54) is 62.9 Å². The van der Waals surface area contributed by atoms with Crippen molar-refractivity contribution >= 4 is 5.57 Å². The summed E-state index contributed by atoms with van der Waals surface area (Å²) in [4.78, 5) is 0. The van der Waals surface area contributed by atoms with Crippen molar-refractivity contribution in [2.24, 2.45) is 5.41 Å². The molecular weight excluding hydrogens is 434 g/mol. The largest absolute Gasteiger partial charge is 0.489 e. The van der Waals surface area contributed by atoms with Crippen molar-refractivity contribution in [1.29, 1.82) is 5.26 Å². The molecule has 0 unspecified atom stereocenters. The minimum absolute atomic E-state index is 0.210. The Bertz CT molecular complexity index is 1340. The van der Waals surface area contributed by atoms with Gasteiger partial charge in [0.05, 0.1) is 6.07 Å². The average Bonchev–Trinajstić information content (AvgIpc) is 3.54. The summed E-state index contributed by atoms with van der Waals surface area (Å²) in [5, 5.41) is 9.23. The van der Waals surface area contributed by atoms with Crippen LogP contribution in [0.15, 0.2) is 54.6 Å². The molecule has 0 saturated heterocycles. The predicted octanol–water partition coefficient (Wildman–Crippen LogP) is 7.08. The number of aryl methyl sites for hydroxylation is 2. The Labute approximate surface area is 207 Å². The number of hydrogen-bond acceptors (Lipinski definition) is 4. The molecule has 0 atom stereocenters. The van der Waals surface area contributed by atoms with E-state index in [1.807, 2.05) is 6.07 Å². The highest BCUT2D eigenvalue weighted by Gasteiger charge is 2.50. The van der Waals surface area contributed by atoms with Crippen molar-refractivity contribution in [3.05, 3.63) is 88.0 Å². The van der Waals surface area contributed by atoms with Gasteiger partial charge in [0.1, 0.15) is 18.1 Å². The third-order valence-corrected chi connectivity index (χ3v) is 7.49. The summed E-state index contributed by atoms with van der Waals surface area (Å²) < 4.78 is 17.0. The second-order valence-corrected chi connectivity index (χ2v) is 9.82. The molecule has 0 radical (unpaired) electrons. The fourth-order valence-corrected chi connectivity index (χ4v) is 5.54. The smallest absolute Gasteiger partial charge is 0.188 e. The van der Waals surface area contributed by atoms with Crippen molar-refractivity contribution in [3.63, 3.8) is 0 Å². The molecule has 3 aromatic rings. The normalized spacial score (nSPS) is 16.3. The fraction of sp³-hybridized carbons (Fsp3) is 0.323. The molecule has 3 aromatic carbocycles. The van der Waals surface area contributed by atoms with Gasteiger partial charge in [-0.3, -0.25) is 0 Å². The molecule has 1 fully saturated rings. The van der Waals surface area contributed by atoms with Crippen molar-refractivity contribution in [2.45, 2.75) is 46.6 Å². The molecule has 5 rings (SSSR count). The third-order valence-electron chi connectivity index (χ3n) is 7.49. The van der Waals surface area contributed by atoms with Crippen molar-refractivity contribution in [1.82, 2.24) is 0 Å². The lowest BCUT2D eigenvalue weighted by molar-refractivity contribution is 0.0511. The highest BCUT2D eigenvalue weighted by molar-refractivity contribution is 5.81. The lowest BCUT2D eigenvalue weighted by Crippen LogP contribution is -2.02. The molecular formula is C31H31NO3. The molecule has 1 spiro atoms. The number of fused-ring (bicyclic) bond motifs is 1. The van der Waals surface area contributed by atoms with Gasteiger partial charge in [0.2, 0.25) is 0 Å². The molecule has 2 aliphatic carbocycles. The maximum absolute atomic E-state index is 9.23. The average molecular weight is 466 g/mol. The zero-order valence-electron chi connectivity index (χ0n) is 20.9. The number of benzene rings is 3. The van der Waals surface area contributed by atoms with Crippen LogP contribution in [-0.4, -0.2) is 13.9 Å². The zero-order valence-corrected chi connectivity index (χ0v) is 20.9. The van der Waals surface area contributed by atoms with Crippen LogP contribution in [-0.2, 0) is 17.8 Å². The molecule has 0 heterocycles. The summed E-state index contributed by atoms with van der Waals surface area (Å²) >= 11 is 0. The number of hydrogen-bond donors (Lipinski definition) is 0. The lowest BCUT2D eigenvalue weighted by atomic mass is 9.90. The van der Waals surface area contributed by atoms with E-state index >= 15 is 0 Å². The van der Waals surface area contributed by atoms with Crippen LogP contribution in [0.3, 0.4) is 0 Å². The van der Waals surface area contributed by atoms with Gasteiger partial charge in [0.25, 0.3) is 0 Å². The summed E-state index contributed by atoms with van der Waals surface area (Å²) in [5.74, 6) is 1.70. The van der Waals surface area contributed by atoms with Crippen LogP contribution >= 0.6 is 0 Å². The van der Waals surface area contributed by atoms with Gasteiger partial charge in [-0.25, -0.2) is 0 Å². The Balaban J connectivity index is 1.37. The quantitative estimate of drug-likeness (QED) is 0.276. The Hall–Kier alpha value is -3.55. The summed E-state index contributed by atoms with van der Waals surface area (Å²) in [6.45, 7) is 7.16. The first-order chi connectivity index (χ1) is 17.0. The first-order valence-electron chi connectivity index (χ1n) is 12.1. The van der Waals surface area contributed by atoms with E-state index in [1.54, 1.807) is 13.2 Å². The SMILES string of the molecule is COCOc1cc(C)c(-c2cccc(COc3ccc4c(c3)CC3(CC3)/C4=C\C#N)c2C)c(C)c1. The number of methoxy groups -OCH3 is 1. The molecule has 0 aliphatic heterocycles. The van der Waals surface area contributed by atoms with E-state index in [4.69, 9.17) is 14.2 Å². The Kier molecular flexibility index (Phi) is 6.13. The van der Waals surface area contributed by atoms with Crippen LogP contribution in [0.2, 0.25) is 0 Å². The first kappa shape index (κ1) is 23.2. The molecule has 0 N–H and O–H groups in total.